The van der Waals surface area contributed by atoms with Crippen LogP contribution in [0.2, 0.25) is 0 Å². The summed E-state index contributed by atoms with van der Waals surface area (Å²) in [7, 11) is 0. The summed E-state index contributed by atoms with van der Waals surface area (Å²) < 4.78 is 37.9. The molecule has 0 aromatic carbocycles. The standard InChI is InChI=1S/C11H14F3NOS/c12-11(13,14)8-2-1-3-10(16,4-8)5-9-6-15-7-17-9/h6-8,16H,1-5H2. The van der Waals surface area contributed by atoms with Gasteiger partial charge in [0.05, 0.1) is 17.0 Å². The zero-order chi connectivity index (χ0) is 12.5. The third kappa shape index (κ3) is 3.19. The monoisotopic (exact) mass is 265 g/mol. The van der Waals surface area contributed by atoms with Crippen molar-refractivity contribution in [3.05, 3.63) is 16.6 Å². The summed E-state index contributed by atoms with van der Waals surface area (Å²) >= 11 is 1.37. The fraction of sp³-hybridized carbons (Fsp3) is 0.727. The van der Waals surface area contributed by atoms with Crippen LogP contribution in [-0.4, -0.2) is 21.9 Å². The van der Waals surface area contributed by atoms with Gasteiger partial charge in [0.25, 0.3) is 0 Å². The molecule has 0 bridgehead atoms. The Labute approximate surface area is 101 Å². The highest BCUT2D eigenvalue weighted by atomic mass is 32.1. The highest BCUT2D eigenvalue weighted by molar-refractivity contribution is 7.09. The fourth-order valence-corrected chi connectivity index (χ4v) is 3.16. The summed E-state index contributed by atoms with van der Waals surface area (Å²) in [5.74, 6) is -1.37. The average molecular weight is 265 g/mol. The normalized spacial score (nSPS) is 30.5. The van der Waals surface area contributed by atoms with Crippen molar-refractivity contribution in [3.8, 4) is 0 Å². The second-order valence-corrected chi connectivity index (χ2v) is 5.67. The first kappa shape index (κ1) is 12.8. The fourth-order valence-electron chi connectivity index (χ4n) is 2.43. The molecule has 0 saturated heterocycles. The van der Waals surface area contributed by atoms with Gasteiger partial charge in [-0.25, -0.2) is 0 Å². The van der Waals surface area contributed by atoms with Gasteiger partial charge in [0.15, 0.2) is 0 Å². The topological polar surface area (TPSA) is 33.1 Å². The molecule has 1 aliphatic rings. The average Bonchev–Trinajstić information content (AvgIpc) is 2.68. The van der Waals surface area contributed by atoms with Crippen LogP contribution in [0.15, 0.2) is 11.7 Å². The van der Waals surface area contributed by atoms with E-state index in [1.165, 1.54) is 11.3 Å². The van der Waals surface area contributed by atoms with E-state index in [2.05, 4.69) is 4.98 Å². The molecule has 17 heavy (non-hydrogen) atoms. The molecule has 1 aliphatic carbocycles. The minimum atomic E-state index is -4.19. The van der Waals surface area contributed by atoms with E-state index >= 15 is 0 Å². The highest BCUT2D eigenvalue weighted by Gasteiger charge is 2.46. The summed E-state index contributed by atoms with van der Waals surface area (Å²) in [5.41, 5.74) is 0.410. The van der Waals surface area contributed by atoms with Gasteiger partial charge in [0, 0.05) is 17.5 Å². The number of thiazole rings is 1. The number of hydrogen-bond acceptors (Lipinski definition) is 3. The molecule has 0 amide bonds. The predicted molar refractivity (Wildman–Crippen MR) is 58.8 cm³/mol. The van der Waals surface area contributed by atoms with Crippen molar-refractivity contribution in [1.29, 1.82) is 0 Å². The van der Waals surface area contributed by atoms with E-state index in [0.29, 0.717) is 12.8 Å². The van der Waals surface area contributed by atoms with Crippen molar-refractivity contribution in [3.63, 3.8) is 0 Å². The summed E-state index contributed by atoms with van der Waals surface area (Å²) in [6.45, 7) is 0. The number of rotatable bonds is 2. The quantitative estimate of drug-likeness (QED) is 0.891. The van der Waals surface area contributed by atoms with Crippen LogP contribution >= 0.6 is 11.3 Å². The molecular formula is C11H14F3NOS. The lowest BCUT2D eigenvalue weighted by Crippen LogP contribution is -2.41. The SMILES string of the molecule is OC1(Cc2cncs2)CCCC(C(F)(F)F)C1. The Morgan fingerprint density at radius 3 is 2.88 bits per heavy atom. The van der Waals surface area contributed by atoms with E-state index in [9.17, 15) is 18.3 Å². The molecule has 1 heterocycles. The van der Waals surface area contributed by atoms with Gasteiger partial charge in [-0.2, -0.15) is 13.2 Å². The second-order valence-electron chi connectivity index (χ2n) is 4.70. The van der Waals surface area contributed by atoms with E-state index in [-0.39, 0.29) is 19.3 Å². The van der Waals surface area contributed by atoms with Gasteiger partial charge in [0.1, 0.15) is 0 Å². The number of halogens is 3. The number of nitrogens with zero attached hydrogens (tertiary/aromatic N) is 1. The molecule has 2 atom stereocenters. The maximum Gasteiger partial charge on any atom is 0.391 e. The number of alkyl halides is 3. The van der Waals surface area contributed by atoms with Gasteiger partial charge in [-0.3, -0.25) is 4.98 Å². The van der Waals surface area contributed by atoms with Crippen molar-refractivity contribution < 1.29 is 18.3 Å². The number of aromatic nitrogens is 1. The first-order valence-corrected chi connectivity index (χ1v) is 6.43. The van der Waals surface area contributed by atoms with Crippen LogP contribution in [0.5, 0.6) is 0 Å². The Balaban J connectivity index is 2.05. The first-order chi connectivity index (χ1) is 7.89. The van der Waals surface area contributed by atoms with Gasteiger partial charge >= 0.3 is 6.18 Å². The minimum absolute atomic E-state index is 0.133. The van der Waals surface area contributed by atoms with Gasteiger partial charge in [-0.15, -0.1) is 11.3 Å². The lowest BCUT2D eigenvalue weighted by molar-refractivity contribution is -0.200. The van der Waals surface area contributed by atoms with E-state index in [1.54, 1.807) is 11.7 Å². The zero-order valence-corrected chi connectivity index (χ0v) is 10.0. The summed E-state index contributed by atoms with van der Waals surface area (Å²) in [6.07, 6.45) is -1.48. The largest absolute Gasteiger partial charge is 0.391 e. The minimum Gasteiger partial charge on any atom is -0.389 e. The molecule has 0 radical (unpaired) electrons. The number of hydrogen-bond donors (Lipinski definition) is 1. The van der Waals surface area contributed by atoms with Gasteiger partial charge in [-0.05, 0) is 25.7 Å². The molecule has 96 valence electrons. The van der Waals surface area contributed by atoms with Crippen LogP contribution in [0.1, 0.15) is 30.6 Å². The van der Waals surface area contributed by atoms with Crippen LogP contribution in [0.4, 0.5) is 13.2 Å². The maximum absolute atomic E-state index is 12.6. The summed E-state index contributed by atoms with van der Waals surface area (Å²) in [5, 5.41) is 10.3. The predicted octanol–water partition coefficient (Wildman–Crippen LogP) is 3.17. The lowest BCUT2D eigenvalue weighted by atomic mass is 9.76. The first-order valence-electron chi connectivity index (χ1n) is 5.55. The van der Waals surface area contributed by atoms with Crippen molar-refractivity contribution in [2.45, 2.75) is 43.9 Å². The molecule has 1 saturated carbocycles. The summed E-state index contributed by atoms with van der Waals surface area (Å²) in [4.78, 5) is 4.71. The molecule has 2 unspecified atom stereocenters. The van der Waals surface area contributed by atoms with Crippen LogP contribution in [-0.2, 0) is 6.42 Å². The lowest BCUT2D eigenvalue weighted by Gasteiger charge is -2.37. The van der Waals surface area contributed by atoms with Crippen molar-refractivity contribution in [2.24, 2.45) is 5.92 Å². The molecule has 1 N–H and O–H groups in total. The van der Waals surface area contributed by atoms with E-state index in [1.807, 2.05) is 0 Å². The maximum atomic E-state index is 12.6. The molecule has 6 heteroatoms. The Morgan fingerprint density at radius 2 is 2.29 bits per heavy atom. The summed E-state index contributed by atoms with van der Waals surface area (Å²) in [6, 6.07) is 0. The Hall–Kier alpha value is -0.620. The molecule has 0 spiro atoms. The Bertz CT molecular complexity index is 365. The molecule has 1 fully saturated rings. The number of aliphatic hydroxyl groups is 1. The van der Waals surface area contributed by atoms with Crippen molar-refractivity contribution >= 4 is 11.3 Å². The zero-order valence-electron chi connectivity index (χ0n) is 9.20. The van der Waals surface area contributed by atoms with Crippen molar-refractivity contribution in [1.82, 2.24) is 4.98 Å². The molecule has 0 aliphatic heterocycles. The Kier molecular flexibility index (Phi) is 3.45. The van der Waals surface area contributed by atoms with Gasteiger partial charge in [-0.1, -0.05) is 0 Å². The second kappa shape index (κ2) is 4.57. The Morgan fingerprint density at radius 1 is 1.53 bits per heavy atom. The third-order valence-corrected chi connectivity index (χ3v) is 4.05. The molecule has 2 nitrogen and oxygen atoms in total. The molecule has 1 aromatic heterocycles. The van der Waals surface area contributed by atoms with Gasteiger partial charge < -0.3 is 5.11 Å². The van der Waals surface area contributed by atoms with Crippen molar-refractivity contribution in [2.75, 3.05) is 0 Å². The molecule has 1 aromatic rings. The molecule has 2 rings (SSSR count). The van der Waals surface area contributed by atoms with E-state index < -0.39 is 17.7 Å². The van der Waals surface area contributed by atoms with Crippen LogP contribution in [0, 0.1) is 5.92 Å². The van der Waals surface area contributed by atoms with Crippen LogP contribution in [0.25, 0.3) is 0 Å². The van der Waals surface area contributed by atoms with E-state index in [4.69, 9.17) is 0 Å². The van der Waals surface area contributed by atoms with Crippen LogP contribution < -0.4 is 0 Å². The smallest absolute Gasteiger partial charge is 0.389 e. The van der Waals surface area contributed by atoms with Gasteiger partial charge in [0.2, 0.25) is 0 Å². The third-order valence-electron chi connectivity index (χ3n) is 3.27. The van der Waals surface area contributed by atoms with E-state index in [0.717, 1.165) is 4.88 Å². The van der Waals surface area contributed by atoms with Crippen LogP contribution in [0.3, 0.4) is 0 Å². The molecular weight excluding hydrogens is 251 g/mol. The highest BCUT2D eigenvalue weighted by Crippen LogP contribution is 2.43.